The highest BCUT2D eigenvalue weighted by molar-refractivity contribution is 6.25. The lowest BCUT2D eigenvalue weighted by Gasteiger charge is -2.16. The summed E-state index contributed by atoms with van der Waals surface area (Å²) in [6.07, 6.45) is 0. The summed E-state index contributed by atoms with van der Waals surface area (Å²) in [4.78, 5) is 0. The quantitative estimate of drug-likeness (QED) is 0.247. The van der Waals surface area contributed by atoms with Crippen LogP contribution in [0.1, 0.15) is 0 Å². The molecule has 178 valence electrons. The first-order chi connectivity index (χ1) is 18.8. The molecule has 0 radical (unpaired) electrons. The number of phenols is 1. The number of fused-ring (bicyclic) bond motifs is 8. The smallest absolute Gasteiger partial charge is 0.177 e. The van der Waals surface area contributed by atoms with Crippen LogP contribution in [0.4, 0.5) is 0 Å². The first kappa shape index (κ1) is 21.0. The van der Waals surface area contributed by atoms with Gasteiger partial charge in [0.25, 0.3) is 0 Å². The third kappa shape index (κ3) is 2.95. The molecule has 0 aliphatic carbocycles. The first-order valence-corrected chi connectivity index (χ1v) is 12.8. The zero-order chi connectivity index (χ0) is 25.2. The van der Waals surface area contributed by atoms with Crippen LogP contribution in [0.5, 0.6) is 5.75 Å². The fraction of sp³-hybridized carbons (Fsp3) is 0. The maximum absolute atomic E-state index is 10.5. The number of benzene rings is 7. The van der Waals surface area contributed by atoms with E-state index in [0.29, 0.717) is 5.58 Å². The van der Waals surface area contributed by atoms with Gasteiger partial charge in [-0.15, -0.1) is 0 Å². The molecule has 0 aliphatic rings. The Kier molecular flexibility index (Phi) is 4.41. The first-order valence-electron chi connectivity index (χ1n) is 12.8. The van der Waals surface area contributed by atoms with Crippen LogP contribution in [-0.4, -0.2) is 5.11 Å². The Bertz CT molecular complexity index is 2190. The van der Waals surface area contributed by atoms with Crippen LogP contribution in [-0.2, 0) is 0 Å². The van der Waals surface area contributed by atoms with Gasteiger partial charge in [-0.3, -0.25) is 0 Å². The maximum atomic E-state index is 10.5. The molecule has 0 fully saturated rings. The van der Waals surface area contributed by atoms with Gasteiger partial charge >= 0.3 is 0 Å². The van der Waals surface area contributed by atoms with E-state index in [4.69, 9.17) is 4.42 Å². The second kappa shape index (κ2) is 7.96. The van der Waals surface area contributed by atoms with Crippen LogP contribution in [0.2, 0.25) is 0 Å². The van der Waals surface area contributed by atoms with Crippen molar-refractivity contribution in [2.24, 2.45) is 0 Å². The monoisotopic (exact) mass is 486 g/mol. The second-order valence-electron chi connectivity index (χ2n) is 9.84. The highest BCUT2D eigenvalue weighted by Gasteiger charge is 2.18. The van der Waals surface area contributed by atoms with E-state index in [-0.39, 0.29) is 5.75 Å². The van der Waals surface area contributed by atoms with Crippen molar-refractivity contribution < 1.29 is 9.52 Å². The average Bonchev–Trinajstić information content (AvgIpc) is 3.37. The Hall–Kier alpha value is -5.08. The van der Waals surface area contributed by atoms with E-state index < -0.39 is 0 Å². The molecule has 8 rings (SSSR count). The number of hydrogen-bond donors (Lipinski definition) is 1. The van der Waals surface area contributed by atoms with Gasteiger partial charge in [-0.05, 0) is 67.2 Å². The molecule has 0 spiro atoms. The molecule has 0 amide bonds. The molecule has 38 heavy (non-hydrogen) atoms. The fourth-order valence-electron chi connectivity index (χ4n) is 6.05. The van der Waals surface area contributed by atoms with Crippen molar-refractivity contribution in [1.82, 2.24) is 0 Å². The van der Waals surface area contributed by atoms with Gasteiger partial charge in [0.1, 0.15) is 5.58 Å². The lowest BCUT2D eigenvalue weighted by Crippen LogP contribution is -1.89. The van der Waals surface area contributed by atoms with Crippen LogP contribution in [0.3, 0.4) is 0 Å². The highest BCUT2D eigenvalue weighted by Crippen LogP contribution is 2.44. The van der Waals surface area contributed by atoms with Crippen molar-refractivity contribution in [3.63, 3.8) is 0 Å². The van der Waals surface area contributed by atoms with Crippen molar-refractivity contribution in [3.05, 3.63) is 127 Å². The summed E-state index contributed by atoms with van der Waals surface area (Å²) in [7, 11) is 0. The van der Waals surface area contributed by atoms with Crippen molar-refractivity contribution in [1.29, 1.82) is 0 Å². The van der Waals surface area contributed by atoms with Gasteiger partial charge in [0.15, 0.2) is 11.3 Å². The van der Waals surface area contributed by atoms with Gasteiger partial charge in [-0.2, -0.15) is 0 Å². The zero-order valence-corrected chi connectivity index (χ0v) is 20.5. The molecular weight excluding hydrogens is 464 g/mol. The maximum Gasteiger partial charge on any atom is 0.177 e. The summed E-state index contributed by atoms with van der Waals surface area (Å²) in [5.74, 6) is 0.160. The topological polar surface area (TPSA) is 33.4 Å². The van der Waals surface area contributed by atoms with Crippen LogP contribution in [0.15, 0.2) is 132 Å². The van der Waals surface area contributed by atoms with Crippen LogP contribution < -0.4 is 0 Å². The van der Waals surface area contributed by atoms with Crippen molar-refractivity contribution in [2.45, 2.75) is 0 Å². The van der Waals surface area contributed by atoms with Gasteiger partial charge in [-0.1, -0.05) is 109 Å². The number of rotatable bonds is 2. The minimum absolute atomic E-state index is 0.160. The van der Waals surface area contributed by atoms with E-state index in [1.54, 1.807) is 6.07 Å². The third-order valence-electron chi connectivity index (χ3n) is 7.76. The molecule has 0 bridgehead atoms. The summed E-state index contributed by atoms with van der Waals surface area (Å²) in [5.41, 5.74) is 5.91. The van der Waals surface area contributed by atoms with Crippen LogP contribution >= 0.6 is 0 Å². The SMILES string of the molecule is Oc1cccc2c1oc1c(-c3cc4c5ccccc5c(-c5ccccc5)cc4c4ccccc34)cccc12. The molecule has 0 saturated heterocycles. The van der Waals surface area contributed by atoms with Gasteiger partial charge in [0.05, 0.1) is 0 Å². The molecule has 1 N–H and O–H groups in total. The summed E-state index contributed by atoms with van der Waals surface area (Å²) in [5, 5.41) is 19.7. The fourth-order valence-corrected chi connectivity index (χ4v) is 6.05. The molecule has 0 atom stereocenters. The predicted octanol–water partition coefficient (Wildman–Crippen LogP) is 10.1. The van der Waals surface area contributed by atoms with E-state index in [0.717, 1.165) is 27.5 Å². The molecule has 1 aromatic heterocycles. The van der Waals surface area contributed by atoms with Gasteiger partial charge in [0.2, 0.25) is 0 Å². The molecular formula is C36H22O2. The summed E-state index contributed by atoms with van der Waals surface area (Å²) in [6, 6.07) is 44.4. The van der Waals surface area contributed by atoms with Crippen LogP contribution in [0.25, 0.3) is 76.5 Å². The molecule has 2 heteroatoms. The molecule has 0 aliphatic heterocycles. The molecule has 8 aromatic rings. The van der Waals surface area contributed by atoms with Gasteiger partial charge in [-0.25, -0.2) is 0 Å². The Morgan fingerprint density at radius 3 is 1.61 bits per heavy atom. The van der Waals surface area contributed by atoms with E-state index >= 15 is 0 Å². The molecule has 1 heterocycles. The molecule has 2 nitrogen and oxygen atoms in total. The van der Waals surface area contributed by atoms with Gasteiger partial charge < -0.3 is 9.52 Å². The minimum Gasteiger partial charge on any atom is -0.504 e. The van der Waals surface area contributed by atoms with E-state index in [1.807, 2.05) is 12.1 Å². The lowest BCUT2D eigenvalue weighted by molar-refractivity contribution is 0.469. The number of furan rings is 1. The standard InChI is InChI=1S/C36H22O2/c37-34-19-9-18-28-27-16-8-17-29(35(27)38-36(28)34)31-21-33-24-13-5-4-12-23(24)30(22-10-2-1-3-11-22)20-32(33)26-15-7-6-14-25(26)31/h1-21,37H. The number of phenolic OH excluding ortho intramolecular Hbond substituents is 1. The zero-order valence-electron chi connectivity index (χ0n) is 20.5. The van der Waals surface area contributed by atoms with E-state index in [2.05, 4.69) is 109 Å². The highest BCUT2D eigenvalue weighted by atomic mass is 16.4. The average molecular weight is 487 g/mol. The summed E-state index contributed by atoms with van der Waals surface area (Å²) < 4.78 is 6.34. The van der Waals surface area contributed by atoms with Crippen molar-refractivity contribution >= 4 is 54.3 Å². The predicted molar refractivity (Wildman–Crippen MR) is 159 cm³/mol. The second-order valence-corrected chi connectivity index (χ2v) is 9.84. The Balaban J connectivity index is 1.53. The Morgan fingerprint density at radius 2 is 0.895 bits per heavy atom. The van der Waals surface area contributed by atoms with E-state index in [1.165, 1.54) is 43.4 Å². The normalized spacial score (nSPS) is 11.8. The number of para-hydroxylation sites is 2. The Labute approximate surface area is 219 Å². The minimum atomic E-state index is 0.160. The molecule has 7 aromatic carbocycles. The van der Waals surface area contributed by atoms with E-state index in [9.17, 15) is 5.11 Å². The third-order valence-corrected chi connectivity index (χ3v) is 7.76. The molecule has 0 saturated carbocycles. The van der Waals surface area contributed by atoms with Crippen molar-refractivity contribution in [2.75, 3.05) is 0 Å². The molecule has 0 unspecified atom stereocenters. The van der Waals surface area contributed by atoms with Gasteiger partial charge in [0, 0.05) is 16.3 Å². The van der Waals surface area contributed by atoms with Crippen LogP contribution in [0, 0.1) is 0 Å². The Morgan fingerprint density at radius 1 is 0.368 bits per heavy atom. The largest absolute Gasteiger partial charge is 0.504 e. The number of hydrogen-bond acceptors (Lipinski definition) is 2. The summed E-state index contributed by atoms with van der Waals surface area (Å²) >= 11 is 0. The number of aromatic hydroxyl groups is 1. The lowest BCUT2D eigenvalue weighted by atomic mass is 9.87. The van der Waals surface area contributed by atoms with Crippen molar-refractivity contribution in [3.8, 4) is 28.0 Å². The summed E-state index contributed by atoms with van der Waals surface area (Å²) in [6.45, 7) is 0.